The van der Waals surface area contributed by atoms with Crippen molar-refractivity contribution in [2.24, 2.45) is 11.8 Å². The Kier molecular flexibility index (Phi) is 4.77. The molecule has 1 aromatic carbocycles. The summed E-state index contributed by atoms with van der Waals surface area (Å²) in [5.74, 6) is -3.66. The van der Waals surface area contributed by atoms with E-state index in [2.05, 4.69) is 15.9 Å². The minimum Gasteiger partial charge on any atom is -0.481 e. The van der Waals surface area contributed by atoms with Crippen molar-refractivity contribution in [2.45, 2.75) is 13.0 Å². The third-order valence-corrected chi connectivity index (χ3v) is 4.18. The van der Waals surface area contributed by atoms with E-state index in [-0.39, 0.29) is 6.54 Å². The topological polar surface area (TPSA) is 77.8 Å². The third-order valence-electron chi connectivity index (χ3n) is 3.65. The highest BCUT2D eigenvalue weighted by atomic mass is 79.9. The molecule has 1 aliphatic heterocycles. The van der Waals surface area contributed by atoms with Crippen LogP contribution in [0.4, 0.5) is 0 Å². The number of hydrogen-bond donors (Lipinski definition) is 2. The molecule has 1 fully saturated rings. The minimum atomic E-state index is -1.03. The molecule has 2 N–H and O–H groups in total. The summed E-state index contributed by atoms with van der Waals surface area (Å²) in [6.07, 6.45) is 0.378. The van der Waals surface area contributed by atoms with Crippen LogP contribution in [0.5, 0.6) is 0 Å². The van der Waals surface area contributed by atoms with Crippen LogP contribution in [-0.4, -0.2) is 40.1 Å². The number of rotatable bonds is 4. The molecular weight excluding hydrogens is 326 g/mol. The molecule has 20 heavy (non-hydrogen) atoms. The Labute approximate surface area is 125 Å². The molecule has 0 radical (unpaired) electrons. The molecule has 5 nitrogen and oxygen atoms in total. The van der Waals surface area contributed by atoms with Gasteiger partial charge in [-0.25, -0.2) is 0 Å². The van der Waals surface area contributed by atoms with Crippen molar-refractivity contribution in [1.82, 2.24) is 4.90 Å². The van der Waals surface area contributed by atoms with Crippen LogP contribution in [0.2, 0.25) is 0 Å². The van der Waals surface area contributed by atoms with Gasteiger partial charge < -0.3 is 10.2 Å². The Morgan fingerprint density at radius 2 is 1.75 bits per heavy atom. The fraction of sp³-hybridized carbons (Fsp3) is 0.429. The average molecular weight is 342 g/mol. The Balaban J connectivity index is 2.03. The third kappa shape index (κ3) is 3.58. The molecule has 0 aliphatic carbocycles. The van der Waals surface area contributed by atoms with Crippen LogP contribution in [0.25, 0.3) is 0 Å². The van der Waals surface area contributed by atoms with Crippen molar-refractivity contribution < 1.29 is 19.8 Å². The Morgan fingerprint density at radius 3 is 2.30 bits per heavy atom. The van der Waals surface area contributed by atoms with Gasteiger partial charge in [-0.2, -0.15) is 0 Å². The second kappa shape index (κ2) is 6.37. The Hall–Kier alpha value is -1.40. The van der Waals surface area contributed by atoms with Gasteiger partial charge in [-0.1, -0.05) is 28.1 Å². The van der Waals surface area contributed by atoms with E-state index in [1.54, 1.807) is 0 Å². The first-order valence-corrected chi connectivity index (χ1v) is 7.19. The summed E-state index contributed by atoms with van der Waals surface area (Å²) < 4.78 is 0.995. The number of likely N-dealkylation sites (tertiary alicyclic amines) is 1. The highest BCUT2D eigenvalue weighted by molar-refractivity contribution is 9.10. The number of nitrogens with zero attached hydrogens (tertiary/aromatic N) is 1. The van der Waals surface area contributed by atoms with Gasteiger partial charge in [0.05, 0.1) is 11.8 Å². The van der Waals surface area contributed by atoms with E-state index in [1.807, 2.05) is 29.2 Å². The second-order valence-electron chi connectivity index (χ2n) is 5.04. The number of carbonyl (C=O) groups is 2. The molecule has 2 unspecified atom stereocenters. The van der Waals surface area contributed by atoms with Crippen molar-refractivity contribution in [3.05, 3.63) is 34.3 Å². The molecule has 0 bridgehead atoms. The largest absolute Gasteiger partial charge is 0.481 e. The summed E-state index contributed by atoms with van der Waals surface area (Å²) in [4.78, 5) is 24.3. The number of carboxylic acids is 2. The SMILES string of the molecule is O=C(O)C1CCN(Cc2ccc(Br)cc2)CC1C(=O)O. The van der Waals surface area contributed by atoms with Crippen LogP contribution in [0.3, 0.4) is 0 Å². The number of benzene rings is 1. The Bertz CT molecular complexity index is 502. The van der Waals surface area contributed by atoms with Gasteiger partial charge in [0.25, 0.3) is 0 Å². The Morgan fingerprint density at radius 1 is 1.15 bits per heavy atom. The van der Waals surface area contributed by atoms with Crippen LogP contribution in [0.1, 0.15) is 12.0 Å². The maximum absolute atomic E-state index is 11.2. The predicted molar refractivity (Wildman–Crippen MR) is 76.3 cm³/mol. The molecule has 0 aromatic heterocycles. The first-order valence-electron chi connectivity index (χ1n) is 6.40. The summed E-state index contributed by atoms with van der Waals surface area (Å²) in [6, 6.07) is 7.83. The van der Waals surface area contributed by atoms with Crippen LogP contribution in [-0.2, 0) is 16.1 Å². The molecule has 0 spiro atoms. The zero-order valence-corrected chi connectivity index (χ0v) is 12.4. The maximum atomic E-state index is 11.2. The summed E-state index contributed by atoms with van der Waals surface area (Å²) in [7, 11) is 0. The number of hydrogen-bond acceptors (Lipinski definition) is 3. The van der Waals surface area contributed by atoms with E-state index in [9.17, 15) is 14.7 Å². The number of aliphatic carboxylic acids is 2. The quantitative estimate of drug-likeness (QED) is 0.876. The molecule has 1 aromatic rings. The van der Waals surface area contributed by atoms with Crippen molar-refractivity contribution in [3.8, 4) is 0 Å². The van der Waals surface area contributed by atoms with Crippen molar-refractivity contribution in [1.29, 1.82) is 0 Å². The fourth-order valence-corrected chi connectivity index (χ4v) is 2.82. The van der Waals surface area contributed by atoms with Gasteiger partial charge in [0.2, 0.25) is 0 Å². The van der Waals surface area contributed by atoms with Gasteiger partial charge in [0, 0.05) is 17.6 Å². The van der Waals surface area contributed by atoms with E-state index in [0.29, 0.717) is 19.5 Å². The molecule has 1 heterocycles. The first kappa shape index (κ1) is 15.0. The van der Waals surface area contributed by atoms with E-state index in [4.69, 9.17) is 5.11 Å². The van der Waals surface area contributed by atoms with Crippen LogP contribution >= 0.6 is 15.9 Å². The summed E-state index contributed by atoms with van der Waals surface area (Å²) in [6.45, 7) is 1.53. The zero-order valence-electron chi connectivity index (χ0n) is 10.8. The zero-order chi connectivity index (χ0) is 14.7. The molecule has 6 heteroatoms. The van der Waals surface area contributed by atoms with Crippen LogP contribution in [0, 0.1) is 11.8 Å². The molecule has 1 saturated heterocycles. The van der Waals surface area contributed by atoms with Gasteiger partial charge >= 0.3 is 11.9 Å². The number of halogens is 1. The van der Waals surface area contributed by atoms with Crippen molar-refractivity contribution >= 4 is 27.9 Å². The van der Waals surface area contributed by atoms with Gasteiger partial charge in [-0.3, -0.25) is 14.5 Å². The number of carboxylic acid groups (broad SMARTS) is 2. The predicted octanol–water partition coefficient (Wildman–Crippen LogP) is 2.06. The summed E-state index contributed by atoms with van der Waals surface area (Å²) >= 11 is 3.37. The molecule has 0 amide bonds. The van der Waals surface area contributed by atoms with Crippen molar-refractivity contribution in [2.75, 3.05) is 13.1 Å². The summed E-state index contributed by atoms with van der Waals surface area (Å²) in [5, 5.41) is 18.3. The lowest BCUT2D eigenvalue weighted by Crippen LogP contribution is -2.46. The van der Waals surface area contributed by atoms with Gasteiger partial charge in [-0.15, -0.1) is 0 Å². The lowest BCUT2D eigenvalue weighted by atomic mass is 9.85. The van der Waals surface area contributed by atoms with Gasteiger partial charge in [0.15, 0.2) is 0 Å². The molecule has 2 rings (SSSR count). The van der Waals surface area contributed by atoms with Gasteiger partial charge in [0.1, 0.15) is 0 Å². The van der Waals surface area contributed by atoms with E-state index in [0.717, 1.165) is 10.0 Å². The highest BCUT2D eigenvalue weighted by Gasteiger charge is 2.38. The smallest absolute Gasteiger partial charge is 0.308 e. The van der Waals surface area contributed by atoms with E-state index in [1.165, 1.54) is 0 Å². The monoisotopic (exact) mass is 341 g/mol. The van der Waals surface area contributed by atoms with Crippen molar-refractivity contribution in [3.63, 3.8) is 0 Å². The van der Waals surface area contributed by atoms with E-state index < -0.39 is 23.8 Å². The fourth-order valence-electron chi connectivity index (χ4n) is 2.56. The average Bonchev–Trinajstić information content (AvgIpc) is 2.41. The van der Waals surface area contributed by atoms with E-state index >= 15 is 0 Å². The minimum absolute atomic E-state index is 0.280. The first-order chi connectivity index (χ1) is 9.47. The maximum Gasteiger partial charge on any atom is 0.308 e. The lowest BCUT2D eigenvalue weighted by molar-refractivity contribution is -0.157. The molecule has 2 atom stereocenters. The van der Waals surface area contributed by atoms with Crippen LogP contribution in [0.15, 0.2) is 28.7 Å². The van der Waals surface area contributed by atoms with Crippen LogP contribution < -0.4 is 0 Å². The normalized spacial score (nSPS) is 23.4. The standard InChI is InChI=1S/C14H16BrNO4/c15-10-3-1-9(2-4-10)7-16-6-5-11(13(17)18)12(8-16)14(19)20/h1-4,11-12H,5-8H2,(H,17,18)(H,19,20). The van der Waals surface area contributed by atoms with Gasteiger partial charge in [-0.05, 0) is 30.7 Å². The molecule has 108 valence electrons. The number of piperidine rings is 1. The molecule has 1 aliphatic rings. The molecule has 0 saturated carbocycles. The second-order valence-corrected chi connectivity index (χ2v) is 5.96. The highest BCUT2D eigenvalue weighted by Crippen LogP contribution is 2.25. The molecular formula is C14H16BrNO4. The summed E-state index contributed by atoms with van der Waals surface area (Å²) in [5.41, 5.74) is 1.09. The lowest BCUT2D eigenvalue weighted by Gasteiger charge is -2.34.